The average molecular weight is 380 g/mol. The fraction of sp³-hybridized carbons (Fsp3) is 0.250. The Bertz CT molecular complexity index is 1070. The lowest BCUT2D eigenvalue weighted by molar-refractivity contribution is 0.0728. The van der Waals surface area contributed by atoms with E-state index in [1.165, 1.54) is 4.88 Å². The van der Waals surface area contributed by atoms with Crippen molar-refractivity contribution in [2.24, 2.45) is 0 Å². The molecule has 0 saturated carbocycles. The van der Waals surface area contributed by atoms with Crippen molar-refractivity contribution in [3.63, 3.8) is 0 Å². The molecular weight excluding hydrogens is 360 g/mol. The zero-order valence-corrected chi connectivity index (χ0v) is 16.2. The molecular formula is C20H20N4O2S. The van der Waals surface area contributed by atoms with Gasteiger partial charge in [-0.1, -0.05) is 6.07 Å². The van der Waals surface area contributed by atoms with Gasteiger partial charge in [0.2, 0.25) is 0 Å². The molecule has 4 aromatic heterocycles. The maximum Gasteiger partial charge on any atom is 0.255 e. The first kappa shape index (κ1) is 17.5. The number of hydrogen-bond acceptors (Lipinski definition) is 5. The van der Waals surface area contributed by atoms with Crippen molar-refractivity contribution in [1.29, 1.82) is 0 Å². The summed E-state index contributed by atoms with van der Waals surface area (Å²) in [5, 5.41) is 7.29. The highest BCUT2D eigenvalue weighted by atomic mass is 32.1. The number of pyridine rings is 1. The molecule has 0 aliphatic heterocycles. The molecule has 138 valence electrons. The number of nitrogens with zero attached hydrogens (tertiary/aromatic N) is 4. The molecule has 4 aromatic rings. The van der Waals surface area contributed by atoms with Crippen LogP contribution in [0.1, 0.15) is 39.7 Å². The maximum absolute atomic E-state index is 13.2. The lowest BCUT2D eigenvalue weighted by Crippen LogP contribution is -2.29. The van der Waals surface area contributed by atoms with Crippen molar-refractivity contribution < 1.29 is 9.21 Å². The van der Waals surface area contributed by atoms with Crippen LogP contribution < -0.4 is 0 Å². The van der Waals surface area contributed by atoms with Crippen LogP contribution in [0.3, 0.4) is 0 Å². The van der Waals surface area contributed by atoms with Gasteiger partial charge in [-0.05, 0) is 43.5 Å². The highest BCUT2D eigenvalue weighted by Gasteiger charge is 2.24. The minimum absolute atomic E-state index is 0.0786. The number of thiophene rings is 1. The van der Waals surface area contributed by atoms with Crippen molar-refractivity contribution in [2.45, 2.75) is 26.4 Å². The van der Waals surface area contributed by atoms with E-state index >= 15 is 0 Å². The Morgan fingerprint density at radius 2 is 2.22 bits per heavy atom. The first-order valence-electron chi connectivity index (χ1n) is 8.70. The molecule has 0 aromatic carbocycles. The number of carbonyl (C=O) groups excluding carboxylic acids is 1. The van der Waals surface area contributed by atoms with Gasteiger partial charge in [-0.25, -0.2) is 9.67 Å². The molecule has 27 heavy (non-hydrogen) atoms. The van der Waals surface area contributed by atoms with E-state index in [-0.39, 0.29) is 11.9 Å². The third kappa shape index (κ3) is 3.26. The van der Waals surface area contributed by atoms with Gasteiger partial charge in [0.15, 0.2) is 5.65 Å². The SMILES string of the molecule is Cc1cc(C(=O)N(C)C(C)c2ccco2)c2cnn(Cc3cccs3)c2n1. The van der Waals surface area contributed by atoms with Crippen molar-refractivity contribution >= 4 is 28.3 Å². The van der Waals surface area contributed by atoms with E-state index in [1.54, 1.807) is 35.7 Å². The first-order valence-corrected chi connectivity index (χ1v) is 9.58. The normalized spacial score (nSPS) is 12.4. The van der Waals surface area contributed by atoms with Crippen molar-refractivity contribution in [2.75, 3.05) is 7.05 Å². The molecule has 4 rings (SSSR count). The quantitative estimate of drug-likeness (QED) is 0.518. The summed E-state index contributed by atoms with van der Waals surface area (Å²) < 4.78 is 7.30. The minimum atomic E-state index is -0.169. The molecule has 0 radical (unpaired) electrons. The van der Waals surface area contributed by atoms with E-state index in [0.29, 0.717) is 12.1 Å². The molecule has 0 spiro atoms. The molecule has 6 nitrogen and oxygen atoms in total. The standard InChI is InChI=1S/C20H20N4O2S/c1-13-10-16(20(25)23(3)14(2)18-7-4-8-26-18)17-11-21-24(19(17)22-13)12-15-6-5-9-27-15/h4-11,14H,12H2,1-3H3. The predicted octanol–water partition coefficient (Wildman–Crippen LogP) is 4.28. The summed E-state index contributed by atoms with van der Waals surface area (Å²) in [5.74, 6) is 0.673. The van der Waals surface area contributed by atoms with E-state index in [4.69, 9.17) is 4.42 Å². The second-order valence-electron chi connectivity index (χ2n) is 6.54. The Labute approximate surface area is 161 Å². The van der Waals surface area contributed by atoms with E-state index < -0.39 is 0 Å². The van der Waals surface area contributed by atoms with Crippen LogP contribution in [0.25, 0.3) is 11.0 Å². The lowest BCUT2D eigenvalue weighted by atomic mass is 10.1. The fourth-order valence-electron chi connectivity index (χ4n) is 3.10. The molecule has 0 N–H and O–H groups in total. The molecule has 7 heteroatoms. The van der Waals surface area contributed by atoms with Gasteiger partial charge in [0.1, 0.15) is 5.76 Å². The zero-order valence-electron chi connectivity index (χ0n) is 15.4. The van der Waals surface area contributed by atoms with Crippen molar-refractivity contribution in [3.8, 4) is 0 Å². The number of carbonyl (C=O) groups is 1. The Kier molecular flexibility index (Phi) is 4.53. The van der Waals surface area contributed by atoms with Crippen LogP contribution in [-0.2, 0) is 6.54 Å². The molecule has 0 aliphatic carbocycles. The van der Waals surface area contributed by atoms with Crippen LogP contribution in [-0.4, -0.2) is 32.6 Å². The molecule has 1 unspecified atom stereocenters. The average Bonchev–Trinajstić information content (AvgIpc) is 3.42. The Hall–Kier alpha value is -2.93. The van der Waals surface area contributed by atoms with E-state index in [9.17, 15) is 4.79 Å². The number of furan rings is 1. The topological polar surface area (TPSA) is 64.2 Å². The summed E-state index contributed by atoms with van der Waals surface area (Å²) in [4.78, 5) is 20.7. The Morgan fingerprint density at radius 1 is 1.37 bits per heavy atom. The molecule has 0 aliphatic rings. The molecule has 0 fully saturated rings. The third-order valence-corrected chi connectivity index (χ3v) is 5.57. The fourth-order valence-corrected chi connectivity index (χ4v) is 3.79. The highest BCUT2D eigenvalue weighted by molar-refractivity contribution is 7.09. The third-order valence-electron chi connectivity index (χ3n) is 4.71. The van der Waals surface area contributed by atoms with Gasteiger partial charge in [-0.3, -0.25) is 4.79 Å². The van der Waals surface area contributed by atoms with Gasteiger partial charge < -0.3 is 9.32 Å². The predicted molar refractivity (Wildman–Crippen MR) is 105 cm³/mol. The minimum Gasteiger partial charge on any atom is -0.467 e. The van der Waals surface area contributed by atoms with Gasteiger partial charge in [0, 0.05) is 17.6 Å². The maximum atomic E-state index is 13.2. The number of rotatable bonds is 5. The molecule has 0 bridgehead atoms. The number of hydrogen-bond donors (Lipinski definition) is 0. The van der Waals surface area contributed by atoms with Gasteiger partial charge in [0.25, 0.3) is 5.91 Å². The van der Waals surface area contributed by atoms with E-state index in [2.05, 4.69) is 16.1 Å². The van der Waals surface area contributed by atoms with Crippen LogP contribution in [0, 0.1) is 6.92 Å². The Morgan fingerprint density at radius 3 is 2.93 bits per heavy atom. The summed E-state index contributed by atoms with van der Waals surface area (Å²) >= 11 is 1.68. The van der Waals surface area contributed by atoms with Crippen LogP contribution >= 0.6 is 11.3 Å². The lowest BCUT2D eigenvalue weighted by Gasteiger charge is -2.23. The van der Waals surface area contributed by atoms with Gasteiger partial charge in [-0.2, -0.15) is 5.10 Å². The van der Waals surface area contributed by atoms with Crippen molar-refractivity contribution in [3.05, 3.63) is 70.1 Å². The molecule has 1 amide bonds. The summed E-state index contributed by atoms with van der Waals surface area (Å²) in [6.07, 6.45) is 3.35. The van der Waals surface area contributed by atoms with Crippen LogP contribution in [0.4, 0.5) is 0 Å². The number of aromatic nitrogens is 3. The van der Waals surface area contributed by atoms with Crippen molar-refractivity contribution in [1.82, 2.24) is 19.7 Å². The summed E-state index contributed by atoms with van der Waals surface area (Å²) in [7, 11) is 1.78. The van der Waals surface area contributed by atoms with Crippen LogP contribution in [0.15, 0.2) is 52.6 Å². The number of amides is 1. The zero-order chi connectivity index (χ0) is 19.0. The summed E-state index contributed by atoms with van der Waals surface area (Å²) in [6.45, 7) is 4.49. The second-order valence-corrected chi connectivity index (χ2v) is 7.57. The van der Waals surface area contributed by atoms with Gasteiger partial charge in [0.05, 0.1) is 36.0 Å². The van der Waals surface area contributed by atoms with Crippen LogP contribution in [0.2, 0.25) is 0 Å². The van der Waals surface area contributed by atoms with E-state index in [1.807, 2.05) is 48.2 Å². The number of aryl methyl sites for hydroxylation is 1. The van der Waals surface area contributed by atoms with Gasteiger partial charge in [-0.15, -0.1) is 11.3 Å². The molecule has 4 heterocycles. The second kappa shape index (κ2) is 7.00. The van der Waals surface area contributed by atoms with E-state index in [0.717, 1.165) is 22.5 Å². The molecule has 1 atom stereocenters. The largest absolute Gasteiger partial charge is 0.467 e. The smallest absolute Gasteiger partial charge is 0.255 e. The van der Waals surface area contributed by atoms with Gasteiger partial charge >= 0.3 is 0 Å². The number of fused-ring (bicyclic) bond motifs is 1. The van der Waals surface area contributed by atoms with Crippen LogP contribution in [0.5, 0.6) is 0 Å². The summed E-state index contributed by atoms with van der Waals surface area (Å²) in [6, 6.07) is 9.45. The monoisotopic (exact) mass is 380 g/mol. The first-order chi connectivity index (χ1) is 13.0. The Balaban J connectivity index is 1.71. The molecule has 0 saturated heterocycles. The summed E-state index contributed by atoms with van der Waals surface area (Å²) in [5.41, 5.74) is 2.12. The highest BCUT2D eigenvalue weighted by Crippen LogP contribution is 2.25.